The van der Waals surface area contributed by atoms with Crippen LogP contribution in [0.4, 0.5) is 0 Å². The highest BCUT2D eigenvalue weighted by Crippen LogP contribution is 2.27. The molecule has 2 rings (SSSR count). The zero-order valence-corrected chi connectivity index (χ0v) is 15.6. The molecule has 0 aliphatic heterocycles. The second-order valence-electron chi connectivity index (χ2n) is 6.26. The van der Waals surface area contributed by atoms with E-state index in [-0.39, 0.29) is 29.3 Å². The van der Waals surface area contributed by atoms with Crippen LogP contribution >= 0.6 is 0 Å². The molecule has 25 heavy (non-hydrogen) atoms. The molecule has 4 N–H and O–H groups in total. The Morgan fingerprint density at radius 1 is 1.36 bits per heavy atom. The minimum absolute atomic E-state index is 0.106. The van der Waals surface area contributed by atoms with E-state index in [2.05, 4.69) is 10.0 Å². The summed E-state index contributed by atoms with van der Waals surface area (Å²) < 4.78 is 33.5. The molecule has 2 unspecified atom stereocenters. The summed E-state index contributed by atoms with van der Waals surface area (Å²) in [5.41, 5.74) is 6.35. The Bertz CT molecular complexity index is 706. The largest absolute Gasteiger partial charge is 0.496 e. The number of methoxy groups -OCH3 is 1. The van der Waals surface area contributed by atoms with Gasteiger partial charge in [0.1, 0.15) is 5.75 Å². The Hall–Kier alpha value is -1.64. The molecule has 1 saturated carbocycles. The van der Waals surface area contributed by atoms with Gasteiger partial charge in [-0.3, -0.25) is 4.79 Å². The average Bonchev–Trinajstić information content (AvgIpc) is 3.05. The molecule has 2 atom stereocenters. The van der Waals surface area contributed by atoms with Crippen LogP contribution in [0.15, 0.2) is 23.1 Å². The van der Waals surface area contributed by atoms with Gasteiger partial charge in [0, 0.05) is 24.6 Å². The Labute approximate surface area is 149 Å². The molecule has 1 aromatic carbocycles. The summed E-state index contributed by atoms with van der Waals surface area (Å²) in [4.78, 5) is 11.6. The van der Waals surface area contributed by atoms with Crippen LogP contribution in [-0.2, 0) is 21.4 Å². The topological polar surface area (TPSA) is 111 Å². The number of hydrogen-bond donors (Lipinski definition) is 3. The van der Waals surface area contributed by atoms with Crippen LogP contribution in [0.5, 0.6) is 5.75 Å². The second-order valence-corrected chi connectivity index (χ2v) is 7.97. The molecule has 0 heterocycles. The summed E-state index contributed by atoms with van der Waals surface area (Å²) in [6.45, 7) is 2.45. The third kappa shape index (κ3) is 4.93. The van der Waals surface area contributed by atoms with Gasteiger partial charge in [0.2, 0.25) is 15.9 Å². The fourth-order valence-corrected chi connectivity index (χ4v) is 4.51. The van der Waals surface area contributed by atoms with Gasteiger partial charge in [-0.1, -0.05) is 13.3 Å². The van der Waals surface area contributed by atoms with Gasteiger partial charge >= 0.3 is 0 Å². The van der Waals surface area contributed by atoms with Crippen molar-refractivity contribution in [3.8, 4) is 5.75 Å². The van der Waals surface area contributed by atoms with E-state index in [0.29, 0.717) is 24.3 Å². The first-order chi connectivity index (χ1) is 11.9. The lowest BCUT2D eigenvalue weighted by atomic mass is 10.1. The molecule has 1 amide bonds. The van der Waals surface area contributed by atoms with Gasteiger partial charge in [-0.05, 0) is 43.5 Å². The van der Waals surface area contributed by atoms with E-state index in [1.165, 1.54) is 13.2 Å². The Morgan fingerprint density at radius 2 is 2.12 bits per heavy atom. The number of hydrogen-bond acceptors (Lipinski definition) is 5. The van der Waals surface area contributed by atoms with Crippen LogP contribution in [0.2, 0.25) is 0 Å². The molecule has 8 heteroatoms. The fraction of sp³-hybridized carbons (Fsp3) is 0.588. The van der Waals surface area contributed by atoms with E-state index < -0.39 is 10.0 Å². The minimum atomic E-state index is -3.65. The maximum absolute atomic E-state index is 12.7. The Balaban J connectivity index is 2.20. The van der Waals surface area contributed by atoms with Crippen LogP contribution < -0.4 is 20.5 Å². The summed E-state index contributed by atoms with van der Waals surface area (Å²) in [5.74, 6) is 0.609. The van der Waals surface area contributed by atoms with Gasteiger partial charge in [0.25, 0.3) is 0 Å². The van der Waals surface area contributed by atoms with Crippen molar-refractivity contribution in [2.24, 2.45) is 11.7 Å². The molecule has 0 bridgehead atoms. The molecule has 7 nitrogen and oxygen atoms in total. The summed E-state index contributed by atoms with van der Waals surface area (Å²) in [6, 6.07) is 4.54. The van der Waals surface area contributed by atoms with Crippen molar-refractivity contribution in [3.05, 3.63) is 23.8 Å². The predicted octanol–water partition coefficient (Wildman–Crippen LogP) is 1.13. The van der Waals surface area contributed by atoms with E-state index in [9.17, 15) is 13.2 Å². The number of amides is 1. The Morgan fingerprint density at radius 3 is 2.76 bits per heavy atom. The van der Waals surface area contributed by atoms with E-state index in [1.807, 2.05) is 0 Å². The van der Waals surface area contributed by atoms with Crippen LogP contribution in [0.25, 0.3) is 0 Å². The number of benzene rings is 1. The summed E-state index contributed by atoms with van der Waals surface area (Å²) >= 11 is 0. The van der Waals surface area contributed by atoms with Gasteiger partial charge in [-0.15, -0.1) is 0 Å². The molecular formula is C17H27N3O4S. The van der Waals surface area contributed by atoms with Gasteiger partial charge in [-0.2, -0.15) is 0 Å². The summed E-state index contributed by atoms with van der Waals surface area (Å²) in [5, 5.41) is 2.74. The van der Waals surface area contributed by atoms with Crippen molar-refractivity contribution in [3.63, 3.8) is 0 Å². The molecule has 0 aromatic heterocycles. The van der Waals surface area contributed by atoms with E-state index in [1.54, 1.807) is 19.1 Å². The fourth-order valence-electron chi connectivity index (χ4n) is 3.12. The van der Waals surface area contributed by atoms with Crippen molar-refractivity contribution in [1.29, 1.82) is 0 Å². The molecule has 0 saturated heterocycles. The van der Waals surface area contributed by atoms with Crippen molar-refractivity contribution in [1.82, 2.24) is 10.0 Å². The van der Waals surface area contributed by atoms with Crippen molar-refractivity contribution >= 4 is 15.9 Å². The van der Waals surface area contributed by atoms with E-state index >= 15 is 0 Å². The van der Waals surface area contributed by atoms with Gasteiger partial charge in [0.15, 0.2) is 0 Å². The molecule has 1 aliphatic rings. The number of nitrogens with two attached hydrogens (primary N) is 1. The first kappa shape index (κ1) is 19.7. The smallest absolute Gasteiger partial charge is 0.240 e. The highest BCUT2D eigenvalue weighted by atomic mass is 32.2. The lowest BCUT2D eigenvalue weighted by Crippen LogP contribution is -2.39. The predicted molar refractivity (Wildman–Crippen MR) is 95.6 cm³/mol. The standard InChI is InChI=1S/C17H27N3O4S/c1-3-17(21)19-11-13-9-14(7-8-16(13)24-2)25(22,23)20-15-6-4-5-12(15)10-18/h7-9,12,15,20H,3-6,10-11,18H2,1-2H3,(H,19,21). The van der Waals surface area contributed by atoms with Crippen molar-refractivity contribution < 1.29 is 17.9 Å². The third-order valence-electron chi connectivity index (χ3n) is 4.63. The zero-order valence-electron chi connectivity index (χ0n) is 14.7. The van der Waals surface area contributed by atoms with Crippen LogP contribution in [0.3, 0.4) is 0 Å². The number of nitrogens with one attached hydrogen (secondary N) is 2. The molecule has 1 aliphatic carbocycles. The molecule has 0 radical (unpaired) electrons. The van der Waals surface area contributed by atoms with Crippen LogP contribution in [-0.4, -0.2) is 34.0 Å². The highest BCUT2D eigenvalue weighted by molar-refractivity contribution is 7.89. The lowest BCUT2D eigenvalue weighted by Gasteiger charge is -2.20. The van der Waals surface area contributed by atoms with Crippen LogP contribution in [0.1, 0.15) is 38.2 Å². The first-order valence-electron chi connectivity index (χ1n) is 8.57. The lowest BCUT2D eigenvalue weighted by molar-refractivity contribution is -0.120. The molecular weight excluding hydrogens is 342 g/mol. The number of carbonyl (C=O) groups is 1. The maximum atomic E-state index is 12.7. The molecule has 1 aromatic rings. The number of ether oxygens (including phenoxy) is 1. The quantitative estimate of drug-likeness (QED) is 0.636. The zero-order chi connectivity index (χ0) is 18.4. The average molecular weight is 369 g/mol. The molecule has 140 valence electrons. The maximum Gasteiger partial charge on any atom is 0.240 e. The first-order valence-corrected chi connectivity index (χ1v) is 10.1. The Kier molecular flexibility index (Phi) is 6.80. The van der Waals surface area contributed by atoms with Gasteiger partial charge < -0.3 is 15.8 Å². The monoisotopic (exact) mass is 369 g/mol. The summed E-state index contributed by atoms with van der Waals surface area (Å²) in [6.07, 6.45) is 3.09. The van der Waals surface area contributed by atoms with Crippen molar-refractivity contribution in [2.75, 3.05) is 13.7 Å². The molecule has 0 spiro atoms. The van der Waals surface area contributed by atoms with Gasteiger partial charge in [0.05, 0.1) is 12.0 Å². The normalized spacial score (nSPS) is 20.4. The van der Waals surface area contributed by atoms with Crippen LogP contribution in [0, 0.1) is 5.92 Å². The minimum Gasteiger partial charge on any atom is -0.496 e. The molecule has 1 fully saturated rings. The second kappa shape index (κ2) is 8.64. The van der Waals surface area contributed by atoms with E-state index in [4.69, 9.17) is 10.5 Å². The number of sulfonamides is 1. The highest BCUT2D eigenvalue weighted by Gasteiger charge is 2.30. The van der Waals surface area contributed by atoms with Crippen molar-refractivity contribution in [2.45, 2.75) is 50.1 Å². The summed E-state index contributed by atoms with van der Waals surface area (Å²) in [7, 11) is -2.14. The third-order valence-corrected chi connectivity index (χ3v) is 6.12. The number of carbonyl (C=O) groups excluding carboxylic acids is 1. The van der Waals surface area contributed by atoms with Gasteiger partial charge in [-0.25, -0.2) is 13.1 Å². The SMILES string of the molecule is CCC(=O)NCc1cc(S(=O)(=O)NC2CCCC2CN)ccc1OC. The van der Waals surface area contributed by atoms with E-state index in [0.717, 1.165) is 19.3 Å². The number of rotatable bonds is 8.